The Kier molecular flexibility index (Phi) is 4.34. The quantitative estimate of drug-likeness (QED) is 0.815. The molecule has 0 bridgehead atoms. The fraction of sp³-hybridized carbons (Fsp3) is 0.0714. The highest BCUT2D eigenvalue weighted by atomic mass is 79.9. The summed E-state index contributed by atoms with van der Waals surface area (Å²) in [6.45, 7) is 0. The third-order valence-electron chi connectivity index (χ3n) is 2.79. The zero-order chi connectivity index (χ0) is 15.6. The van der Waals surface area contributed by atoms with Crippen molar-refractivity contribution in [1.29, 1.82) is 0 Å². The van der Waals surface area contributed by atoms with Crippen molar-refractivity contribution in [2.45, 2.75) is 4.90 Å². The van der Waals surface area contributed by atoms with Gasteiger partial charge in [0.25, 0.3) is 5.91 Å². The van der Waals surface area contributed by atoms with Crippen molar-refractivity contribution in [2.75, 3.05) is 17.3 Å². The molecule has 2 aromatic rings. The lowest BCUT2D eigenvalue weighted by atomic mass is 10.2. The molecule has 3 N–H and O–H groups in total. The number of hydrogen-bond acceptors (Lipinski definition) is 4. The van der Waals surface area contributed by atoms with Gasteiger partial charge in [0.2, 0.25) is 0 Å². The summed E-state index contributed by atoms with van der Waals surface area (Å²) in [5, 5.41) is 2.72. The van der Waals surface area contributed by atoms with Crippen LogP contribution in [-0.4, -0.2) is 20.6 Å². The molecule has 0 radical (unpaired) electrons. The third-order valence-corrected chi connectivity index (χ3v) is 4.57. The molecule has 2 rings (SSSR count). The van der Waals surface area contributed by atoms with Crippen LogP contribution in [-0.2, 0) is 9.84 Å². The summed E-state index contributed by atoms with van der Waals surface area (Å²) in [6.07, 6.45) is 1.12. The Morgan fingerprint density at radius 2 is 1.76 bits per heavy atom. The van der Waals surface area contributed by atoms with Gasteiger partial charge < -0.3 is 11.1 Å². The predicted octanol–water partition coefficient (Wildman–Crippen LogP) is 2.69. The molecule has 0 saturated carbocycles. The number of sulfone groups is 1. The van der Waals surface area contributed by atoms with Crippen molar-refractivity contribution >= 4 is 43.0 Å². The molecule has 5 nitrogen and oxygen atoms in total. The maximum atomic E-state index is 12.1. The molecule has 0 aliphatic carbocycles. The first kappa shape index (κ1) is 15.5. The monoisotopic (exact) mass is 368 g/mol. The molecular weight excluding hydrogens is 356 g/mol. The van der Waals surface area contributed by atoms with Crippen LogP contribution < -0.4 is 11.1 Å². The van der Waals surface area contributed by atoms with Crippen LogP contribution >= 0.6 is 15.9 Å². The minimum atomic E-state index is -3.27. The number of nitrogen functional groups attached to an aromatic ring is 1. The van der Waals surface area contributed by atoms with Crippen molar-refractivity contribution < 1.29 is 13.2 Å². The summed E-state index contributed by atoms with van der Waals surface area (Å²) in [6, 6.07) is 10.8. The molecule has 110 valence electrons. The van der Waals surface area contributed by atoms with Crippen molar-refractivity contribution in [3.63, 3.8) is 0 Å². The van der Waals surface area contributed by atoms with Crippen LogP contribution in [0.3, 0.4) is 0 Å². The molecule has 21 heavy (non-hydrogen) atoms. The van der Waals surface area contributed by atoms with E-state index < -0.39 is 9.84 Å². The van der Waals surface area contributed by atoms with Crippen LogP contribution in [0.1, 0.15) is 10.4 Å². The van der Waals surface area contributed by atoms with Gasteiger partial charge in [0.05, 0.1) is 10.6 Å². The lowest BCUT2D eigenvalue weighted by molar-refractivity contribution is 0.102. The van der Waals surface area contributed by atoms with E-state index in [9.17, 15) is 13.2 Å². The summed E-state index contributed by atoms with van der Waals surface area (Å²) in [7, 11) is -3.27. The van der Waals surface area contributed by atoms with Crippen molar-refractivity contribution in [3.05, 3.63) is 52.5 Å². The molecule has 1 amide bonds. The van der Waals surface area contributed by atoms with E-state index in [1.54, 1.807) is 18.2 Å². The summed E-state index contributed by atoms with van der Waals surface area (Å²) in [5.74, 6) is -0.333. The summed E-state index contributed by atoms with van der Waals surface area (Å²) in [4.78, 5) is 12.3. The Labute approximate surface area is 131 Å². The van der Waals surface area contributed by atoms with Crippen molar-refractivity contribution in [1.82, 2.24) is 0 Å². The lowest BCUT2D eigenvalue weighted by Gasteiger charge is -2.08. The standard InChI is InChI=1S/C14H13BrN2O3S/c1-21(19,20)11-5-2-9(3-6-11)14(18)17-13-7-4-10(16)8-12(13)15/h2-8H,16H2,1H3,(H,17,18). The molecule has 0 saturated heterocycles. The Hall–Kier alpha value is -1.86. The molecule has 0 aliphatic heterocycles. The SMILES string of the molecule is CS(=O)(=O)c1ccc(C(=O)Nc2ccc(N)cc2Br)cc1. The number of halogens is 1. The lowest BCUT2D eigenvalue weighted by Crippen LogP contribution is -2.12. The van der Waals surface area contributed by atoms with Gasteiger partial charge in [0, 0.05) is 22.0 Å². The minimum Gasteiger partial charge on any atom is -0.399 e. The van der Waals surface area contributed by atoms with Gasteiger partial charge in [-0.3, -0.25) is 4.79 Å². The van der Waals surface area contributed by atoms with Gasteiger partial charge in [-0.1, -0.05) is 0 Å². The normalized spacial score (nSPS) is 11.1. The number of nitrogens with two attached hydrogens (primary N) is 1. The average Bonchev–Trinajstić information content (AvgIpc) is 2.41. The van der Waals surface area contributed by atoms with E-state index >= 15 is 0 Å². The smallest absolute Gasteiger partial charge is 0.255 e. The van der Waals surface area contributed by atoms with Gasteiger partial charge in [-0.15, -0.1) is 0 Å². The molecule has 2 aromatic carbocycles. The molecule has 0 aliphatic rings. The van der Waals surface area contributed by atoms with E-state index in [0.717, 1.165) is 6.26 Å². The molecular formula is C14H13BrN2O3S. The third kappa shape index (κ3) is 3.83. The fourth-order valence-corrected chi connectivity index (χ4v) is 2.81. The zero-order valence-corrected chi connectivity index (χ0v) is 13.5. The fourth-order valence-electron chi connectivity index (χ4n) is 1.68. The van der Waals surface area contributed by atoms with E-state index in [2.05, 4.69) is 21.2 Å². The highest BCUT2D eigenvalue weighted by Gasteiger charge is 2.11. The van der Waals surface area contributed by atoms with Gasteiger partial charge in [0.15, 0.2) is 9.84 Å². The molecule has 0 aromatic heterocycles. The molecule has 0 heterocycles. The second-order valence-corrected chi connectivity index (χ2v) is 7.36. The largest absolute Gasteiger partial charge is 0.399 e. The first-order valence-electron chi connectivity index (χ1n) is 5.94. The maximum absolute atomic E-state index is 12.1. The highest BCUT2D eigenvalue weighted by molar-refractivity contribution is 9.10. The van der Waals surface area contributed by atoms with Crippen LogP contribution in [0, 0.1) is 0 Å². The Balaban J connectivity index is 2.21. The van der Waals surface area contributed by atoms with Crippen LogP contribution in [0.25, 0.3) is 0 Å². The average molecular weight is 369 g/mol. The van der Waals surface area contributed by atoms with Gasteiger partial charge in [-0.2, -0.15) is 0 Å². The number of benzene rings is 2. The first-order valence-corrected chi connectivity index (χ1v) is 8.62. The first-order chi connectivity index (χ1) is 9.77. The van der Waals surface area contributed by atoms with E-state index in [0.29, 0.717) is 21.4 Å². The van der Waals surface area contributed by atoms with Crippen molar-refractivity contribution in [3.8, 4) is 0 Å². The second kappa shape index (κ2) is 5.87. The topological polar surface area (TPSA) is 89.3 Å². The zero-order valence-electron chi connectivity index (χ0n) is 11.1. The molecule has 0 spiro atoms. The molecule has 0 atom stereocenters. The summed E-state index contributed by atoms with van der Waals surface area (Å²) >= 11 is 3.31. The van der Waals surface area contributed by atoms with Crippen LogP contribution in [0.15, 0.2) is 51.8 Å². The number of hydrogen-bond donors (Lipinski definition) is 2. The Morgan fingerprint density at radius 3 is 2.29 bits per heavy atom. The van der Waals surface area contributed by atoms with E-state index in [1.165, 1.54) is 24.3 Å². The minimum absolute atomic E-state index is 0.174. The Morgan fingerprint density at radius 1 is 1.14 bits per heavy atom. The Bertz CT molecular complexity index is 786. The maximum Gasteiger partial charge on any atom is 0.255 e. The van der Waals surface area contributed by atoms with Gasteiger partial charge in [-0.05, 0) is 58.4 Å². The number of carbonyl (C=O) groups excluding carboxylic acids is 1. The number of nitrogens with one attached hydrogen (secondary N) is 1. The van der Waals surface area contributed by atoms with Crippen LogP contribution in [0.5, 0.6) is 0 Å². The number of rotatable bonds is 3. The van der Waals surface area contributed by atoms with Crippen molar-refractivity contribution in [2.24, 2.45) is 0 Å². The van der Waals surface area contributed by atoms with E-state index in [1.807, 2.05) is 0 Å². The van der Waals surface area contributed by atoms with Crippen LogP contribution in [0.2, 0.25) is 0 Å². The highest BCUT2D eigenvalue weighted by Crippen LogP contribution is 2.25. The van der Waals surface area contributed by atoms with Gasteiger partial charge in [0.1, 0.15) is 0 Å². The van der Waals surface area contributed by atoms with Crippen LogP contribution in [0.4, 0.5) is 11.4 Å². The summed E-state index contributed by atoms with van der Waals surface area (Å²) < 4.78 is 23.4. The summed E-state index contributed by atoms with van der Waals surface area (Å²) in [5.41, 5.74) is 7.16. The molecule has 0 fully saturated rings. The number of anilines is 2. The van der Waals surface area contributed by atoms with Gasteiger partial charge >= 0.3 is 0 Å². The second-order valence-electron chi connectivity index (χ2n) is 4.49. The predicted molar refractivity (Wildman–Crippen MR) is 86.1 cm³/mol. The van der Waals surface area contributed by atoms with Gasteiger partial charge in [-0.25, -0.2) is 8.42 Å². The van der Waals surface area contributed by atoms with E-state index in [-0.39, 0.29) is 10.8 Å². The number of carbonyl (C=O) groups is 1. The molecule has 0 unspecified atom stereocenters. The number of amides is 1. The van der Waals surface area contributed by atoms with E-state index in [4.69, 9.17) is 5.73 Å². The molecule has 7 heteroatoms.